The number of furan rings is 1. The van der Waals surface area contributed by atoms with Gasteiger partial charge in [-0.15, -0.1) is 0 Å². The third kappa shape index (κ3) is 6.13. The maximum atomic E-state index is 6.71. The molecule has 10 aromatic carbocycles. The van der Waals surface area contributed by atoms with Crippen molar-refractivity contribution in [3.05, 3.63) is 243 Å². The van der Waals surface area contributed by atoms with Crippen LogP contribution in [0.4, 0.5) is 17.1 Å². The normalized spacial score (nSPS) is 11.5. The number of para-hydroxylation sites is 6. The van der Waals surface area contributed by atoms with Crippen LogP contribution in [-0.2, 0) is 0 Å². The molecule has 2 aromatic heterocycles. The lowest BCUT2D eigenvalue weighted by Crippen LogP contribution is -2.13. The number of rotatable bonds is 8. The molecule has 2 heterocycles. The van der Waals surface area contributed by atoms with Crippen LogP contribution in [0.2, 0.25) is 0 Å². The third-order valence-electron chi connectivity index (χ3n) is 12.4. The van der Waals surface area contributed by atoms with E-state index in [4.69, 9.17) is 4.42 Å². The molecule has 0 atom stereocenters. The van der Waals surface area contributed by atoms with Gasteiger partial charge in [0.15, 0.2) is 0 Å². The van der Waals surface area contributed by atoms with Gasteiger partial charge in [-0.1, -0.05) is 200 Å². The molecule has 0 aliphatic heterocycles. The zero-order chi connectivity index (χ0) is 41.7. The Hall–Kier alpha value is -8.40. The molecule has 0 spiro atoms. The van der Waals surface area contributed by atoms with Crippen LogP contribution in [0.15, 0.2) is 247 Å². The standard InChI is InChI=1S/C60H40N2O/c1-3-19-41(20-4-1)42-37-39-44(40-38-42)46-24-8-13-31-53(46)62-55-33-15-10-27-51(55)59-56(34-18-35-57(59)62)61(52-30-12-7-23-45(52)43-21-5-2-6-22-43)54-32-14-9-25-47(54)49-28-17-29-50-48-26-11-16-36-58(48)63-60(49)50/h1-40H. The summed E-state index contributed by atoms with van der Waals surface area (Å²) in [6.45, 7) is 0. The van der Waals surface area contributed by atoms with Gasteiger partial charge < -0.3 is 13.9 Å². The highest BCUT2D eigenvalue weighted by atomic mass is 16.3. The molecule has 0 N–H and O–H groups in total. The van der Waals surface area contributed by atoms with E-state index >= 15 is 0 Å². The lowest BCUT2D eigenvalue weighted by molar-refractivity contribution is 0.670. The Morgan fingerprint density at radius 3 is 1.59 bits per heavy atom. The van der Waals surface area contributed by atoms with E-state index in [0.29, 0.717) is 0 Å². The molecule has 0 saturated carbocycles. The maximum Gasteiger partial charge on any atom is 0.143 e. The van der Waals surface area contributed by atoms with E-state index in [1.165, 1.54) is 33.0 Å². The summed E-state index contributed by atoms with van der Waals surface area (Å²) < 4.78 is 9.17. The van der Waals surface area contributed by atoms with Crippen molar-refractivity contribution in [1.82, 2.24) is 4.57 Å². The van der Waals surface area contributed by atoms with E-state index in [1.54, 1.807) is 0 Å². The first kappa shape index (κ1) is 36.5. The monoisotopic (exact) mass is 804 g/mol. The van der Waals surface area contributed by atoms with E-state index in [2.05, 4.69) is 246 Å². The van der Waals surface area contributed by atoms with Gasteiger partial charge in [0.1, 0.15) is 11.2 Å². The molecular weight excluding hydrogens is 765 g/mol. The van der Waals surface area contributed by atoms with Crippen molar-refractivity contribution in [2.24, 2.45) is 0 Å². The number of hydrogen-bond acceptors (Lipinski definition) is 2. The van der Waals surface area contributed by atoms with Crippen LogP contribution >= 0.6 is 0 Å². The Morgan fingerprint density at radius 1 is 0.302 bits per heavy atom. The van der Waals surface area contributed by atoms with Gasteiger partial charge in [-0.2, -0.15) is 0 Å². The Morgan fingerprint density at radius 2 is 0.794 bits per heavy atom. The summed E-state index contributed by atoms with van der Waals surface area (Å²) in [5, 5.41) is 4.56. The highest BCUT2D eigenvalue weighted by Gasteiger charge is 2.26. The molecule has 0 aliphatic carbocycles. The van der Waals surface area contributed by atoms with Crippen molar-refractivity contribution >= 4 is 60.8 Å². The highest BCUT2D eigenvalue weighted by Crippen LogP contribution is 2.50. The average Bonchev–Trinajstić information content (AvgIpc) is 3.92. The molecule has 3 heteroatoms. The first-order chi connectivity index (χ1) is 31.3. The molecule has 63 heavy (non-hydrogen) atoms. The lowest BCUT2D eigenvalue weighted by Gasteiger charge is -2.30. The van der Waals surface area contributed by atoms with Crippen molar-refractivity contribution in [2.45, 2.75) is 0 Å². The average molecular weight is 805 g/mol. The van der Waals surface area contributed by atoms with Gasteiger partial charge in [0.25, 0.3) is 0 Å². The number of fused-ring (bicyclic) bond motifs is 6. The van der Waals surface area contributed by atoms with Crippen molar-refractivity contribution in [3.8, 4) is 50.2 Å². The number of benzene rings is 10. The third-order valence-corrected chi connectivity index (χ3v) is 12.4. The Kier molecular flexibility index (Phi) is 8.83. The minimum absolute atomic E-state index is 0.880. The van der Waals surface area contributed by atoms with Crippen molar-refractivity contribution in [3.63, 3.8) is 0 Å². The molecule has 0 aliphatic rings. The van der Waals surface area contributed by atoms with E-state index < -0.39 is 0 Å². The predicted molar refractivity (Wildman–Crippen MR) is 264 cm³/mol. The van der Waals surface area contributed by atoms with Crippen molar-refractivity contribution < 1.29 is 4.42 Å². The SMILES string of the molecule is c1ccc(-c2ccc(-c3ccccc3-n3c4ccccc4c4c(N(c5ccccc5-c5ccccc5)c5ccccc5-c5cccc6c5oc5ccccc56)cccc43)cc2)cc1. The van der Waals surface area contributed by atoms with Crippen LogP contribution in [-0.4, -0.2) is 4.57 Å². The van der Waals surface area contributed by atoms with Crippen LogP contribution in [0.3, 0.4) is 0 Å². The smallest absolute Gasteiger partial charge is 0.143 e. The topological polar surface area (TPSA) is 21.3 Å². The summed E-state index contributed by atoms with van der Waals surface area (Å²) >= 11 is 0. The zero-order valence-corrected chi connectivity index (χ0v) is 34.4. The molecule has 0 radical (unpaired) electrons. The number of nitrogens with zero attached hydrogens (tertiary/aromatic N) is 2. The summed E-state index contributed by atoms with van der Waals surface area (Å²) in [6.07, 6.45) is 0. The van der Waals surface area contributed by atoms with Crippen LogP contribution in [0.1, 0.15) is 0 Å². The zero-order valence-electron chi connectivity index (χ0n) is 34.4. The largest absolute Gasteiger partial charge is 0.455 e. The fourth-order valence-electron chi connectivity index (χ4n) is 9.61. The second-order valence-electron chi connectivity index (χ2n) is 16.0. The van der Waals surface area contributed by atoms with E-state index in [1.807, 2.05) is 6.07 Å². The molecule has 0 amide bonds. The predicted octanol–water partition coefficient (Wildman–Crippen LogP) is 16.8. The minimum atomic E-state index is 0.880. The number of hydrogen-bond donors (Lipinski definition) is 0. The number of anilines is 3. The van der Waals surface area contributed by atoms with Crippen molar-refractivity contribution in [1.29, 1.82) is 0 Å². The highest BCUT2D eigenvalue weighted by molar-refractivity contribution is 6.18. The quantitative estimate of drug-likeness (QED) is 0.153. The molecule has 0 unspecified atom stereocenters. The first-order valence-electron chi connectivity index (χ1n) is 21.5. The van der Waals surface area contributed by atoms with Gasteiger partial charge in [0.2, 0.25) is 0 Å². The maximum absolute atomic E-state index is 6.71. The van der Waals surface area contributed by atoms with Gasteiger partial charge in [-0.25, -0.2) is 0 Å². The molecular formula is C60H40N2O. The summed E-state index contributed by atoms with van der Waals surface area (Å²) in [5.41, 5.74) is 17.5. The summed E-state index contributed by atoms with van der Waals surface area (Å²) in [6, 6.07) is 87.1. The van der Waals surface area contributed by atoms with Gasteiger partial charge in [-0.3, -0.25) is 0 Å². The fraction of sp³-hybridized carbons (Fsp3) is 0. The molecule has 0 saturated heterocycles. The molecule has 0 fully saturated rings. The second-order valence-corrected chi connectivity index (χ2v) is 16.0. The second kappa shape index (κ2) is 15.3. The van der Waals surface area contributed by atoms with Crippen LogP contribution in [0, 0.1) is 0 Å². The van der Waals surface area contributed by atoms with Gasteiger partial charge >= 0.3 is 0 Å². The van der Waals surface area contributed by atoms with Crippen LogP contribution in [0.5, 0.6) is 0 Å². The minimum Gasteiger partial charge on any atom is -0.455 e. The Bertz CT molecular complexity index is 3620. The molecule has 12 rings (SSSR count). The summed E-state index contributed by atoms with van der Waals surface area (Å²) in [7, 11) is 0. The molecule has 12 aromatic rings. The van der Waals surface area contributed by atoms with Gasteiger partial charge in [0.05, 0.1) is 33.8 Å². The Labute approximate surface area is 366 Å². The van der Waals surface area contributed by atoms with Crippen molar-refractivity contribution in [2.75, 3.05) is 4.90 Å². The van der Waals surface area contributed by atoms with Crippen LogP contribution in [0.25, 0.3) is 93.9 Å². The Balaban J connectivity index is 1.12. The fourth-order valence-corrected chi connectivity index (χ4v) is 9.61. The first-order valence-corrected chi connectivity index (χ1v) is 21.5. The number of aromatic nitrogens is 1. The molecule has 0 bridgehead atoms. The van der Waals surface area contributed by atoms with Gasteiger partial charge in [-0.05, 0) is 64.7 Å². The van der Waals surface area contributed by atoms with E-state index in [-0.39, 0.29) is 0 Å². The lowest BCUT2D eigenvalue weighted by atomic mass is 9.97. The summed E-state index contributed by atoms with van der Waals surface area (Å²) in [4.78, 5) is 2.48. The van der Waals surface area contributed by atoms with Gasteiger partial charge in [0, 0.05) is 43.8 Å². The molecule has 3 nitrogen and oxygen atoms in total. The van der Waals surface area contributed by atoms with E-state index in [9.17, 15) is 0 Å². The van der Waals surface area contributed by atoms with E-state index in [0.717, 1.165) is 78.0 Å². The van der Waals surface area contributed by atoms with Crippen LogP contribution < -0.4 is 4.90 Å². The molecule has 296 valence electrons. The summed E-state index contributed by atoms with van der Waals surface area (Å²) in [5.74, 6) is 0.